The van der Waals surface area contributed by atoms with E-state index < -0.39 is 0 Å². The third-order valence-corrected chi connectivity index (χ3v) is 23.0. The summed E-state index contributed by atoms with van der Waals surface area (Å²) in [6.45, 7) is 0.515. The number of thioether (sulfide) groups is 1. The molecule has 9 aromatic rings. The Labute approximate surface area is 513 Å². The summed E-state index contributed by atoms with van der Waals surface area (Å²) in [5, 5.41) is 0.649. The number of para-hydroxylation sites is 7. The molecule has 10 atom stereocenters. The normalized spacial score (nSPS) is 26.0. The second kappa shape index (κ2) is 22.0. The molecule has 9 aromatic carbocycles. The molecule has 17 rings (SSSR count). The van der Waals surface area contributed by atoms with Gasteiger partial charge in [-0.25, -0.2) is 0 Å². The molecular weight excluding hydrogens is 1060 g/mol. The van der Waals surface area contributed by atoms with E-state index in [2.05, 4.69) is 292 Å². The first-order valence-electron chi connectivity index (χ1n) is 32.2. The van der Waals surface area contributed by atoms with E-state index in [9.17, 15) is 0 Å². The van der Waals surface area contributed by atoms with Crippen molar-refractivity contribution in [3.05, 3.63) is 272 Å². The molecule has 3 saturated carbocycles. The van der Waals surface area contributed by atoms with Crippen LogP contribution >= 0.6 is 11.8 Å². The van der Waals surface area contributed by atoms with E-state index in [1.54, 1.807) is 0 Å². The van der Waals surface area contributed by atoms with E-state index in [0.717, 1.165) is 31.4 Å². The lowest BCUT2D eigenvalue weighted by Crippen LogP contribution is -2.68. The van der Waals surface area contributed by atoms with Crippen LogP contribution in [0.2, 0.25) is 17.5 Å². The van der Waals surface area contributed by atoms with Crippen molar-refractivity contribution in [2.75, 3.05) is 19.6 Å². The van der Waals surface area contributed by atoms with E-state index in [-0.39, 0.29) is 48.1 Å². The Morgan fingerprint density at radius 1 is 0.453 bits per heavy atom. The highest BCUT2D eigenvalue weighted by atomic mass is 32.2. The van der Waals surface area contributed by atoms with E-state index >= 15 is 0 Å². The first-order chi connectivity index (χ1) is 42.7. The lowest BCUT2D eigenvalue weighted by atomic mass is 9.23. The van der Waals surface area contributed by atoms with Crippen LogP contribution in [-0.2, 0) is 0 Å². The minimum absolute atomic E-state index is 0.0111. The molecule has 0 aromatic heterocycles. The second-order valence-corrected chi connectivity index (χ2v) is 27.2. The van der Waals surface area contributed by atoms with Crippen molar-refractivity contribution in [3.63, 3.8) is 0 Å². The van der Waals surface area contributed by atoms with Crippen LogP contribution < -0.4 is 35.3 Å². The van der Waals surface area contributed by atoms with Gasteiger partial charge in [-0.1, -0.05) is 224 Å². The molecule has 86 heavy (non-hydrogen) atoms. The predicted molar refractivity (Wildman–Crippen MR) is 363 cm³/mol. The van der Waals surface area contributed by atoms with Gasteiger partial charge < -0.3 is 24.3 Å². The van der Waals surface area contributed by atoms with Gasteiger partial charge in [-0.3, -0.25) is 0 Å². The van der Waals surface area contributed by atoms with Gasteiger partial charge >= 0.3 is 0 Å². The van der Waals surface area contributed by atoms with Crippen molar-refractivity contribution in [2.24, 2.45) is 0 Å². The van der Waals surface area contributed by atoms with E-state index in [0.29, 0.717) is 29.6 Å². The Kier molecular flexibility index (Phi) is 13.4. The third-order valence-electron chi connectivity index (χ3n) is 21.4. The van der Waals surface area contributed by atoms with Crippen molar-refractivity contribution in [1.82, 2.24) is 0 Å². The fraction of sp³-hybridized carbons (Fsp3) is 0.256. The third kappa shape index (κ3) is 8.82. The summed E-state index contributed by atoms with van der Waals surface area (Å²) in [5.41, 5.74) is 18.9. The summed E-state index contributed by atoms with van der Waals surface area (Å²) in [5.74, 6) is 2.02. The molecule has 4 aliphatic heterocycles. The number of fused-ring (bicyclic) bond motifs is 8. The van der Waals surface area contributed by atoms with Crippen molar-refractivity contribution in [1.29, 1.82) is 0 Å². The molecule has 5 nitrogen and oxygen atoms in total. The number of rotatable bonds is 10. The quantitative estimate of drug-likeness (QED) is 0.126. The maximum absolute atomic E-state index is 7.69. The van der Waals surface area contributed by atoms with E-state index in [1.165, 1.54) is 111 Å². The highest BCUT2D eigenvalue weighted by Gasteiger charge is 2.62. The standard InChI is InChI=1S/C78H72B2N4OS/c1-7-27-53(28-8-1)61-39-19-23-43-67(61)82(57-35-15-5-16-36-57)59-47-71-77-74(49-59)85-73-46-26-22-42-64(73)80(77)65-51-66-75(52-70(65)84(71)68-44-24-20-40-62(68)54-29-9-2-10-30-54)86-76-50-60(81(55-31-11-3-12-32-55)56-33-13-4-14-34-56)48-72-78(76)79(66)63-41-21-25-45-69(63)83(72)58-37-17-6-18-38-58/h1-4,6-14,17-34,37-46,51-52,57,59-60,66,71-72,74-78H,5,15-16,35-36,47-50H2. The SMILES string of the molecule is C1=C2B3c4ccccc4OC4CC(N(c5ccccc5-c5ccccc5)C5CCCCC5)CC(C34)N(c3ccccc3-c3ccccc3)C2=CC2SC3CC(N(c4ccccc4)c4ccccc4)CC4C3B(c3ccccc3N4c3ccccc3)C12. The Morgan fingerprint density at radius 2 is 1.02 bits per heavy atom. The number of nitrogens with zero attached hydrogens (tertiary/aromatic N) is 4. The number of hydrogen-bond acceptors (Lipinski definition) is 6. The van der Waals surface area contributed by atoms with Crippen LogP contribution in [-0.4, -0.2) is 60.2 Å². The highest BCUT2D eigenvalue weighted by Crippen LogP contribution is 2.62. The van der Waals surface area contributed by atoms with Crippen LogP contribution in [0.1, 0.15) is 57.8 Å². The second-order valence-electron chi connectivity index (χ2n) is 25.8. The summed E-state index contributed by atoms with van der Waals surface area (Å²) in [7, 11) is 0. The van der Waals surface area contributed by atoms with Gasteiger partial charge in [0.25, 0.3) is 0 Å². The molecule has 0 spiro atoms. The molecule has 5 fully saturated rings. The van der Waals surface area contributed by atoms with E-state index in [1.807, 2.05) is 0 Å². The summed E-state index contributed by atoms with van der Waals surface area (Å²) >= 11 is 2.32. The first kappa shape index (κ1) is 52.3. The Bertz CT molecular complexity index is 3940. The number of allylic oxidation sites excluding steroid dienone is 2. The van der Waals surface area contributed by atoms with E-state index in [4.69, 9.17) is 4.74 Å². The highest BCUT2D eigenvalue weighted by molar-refractivity contribution is 8.01. The van der Waals surface area contributed by atoms with Gasteiger partial charge in [0.05, 0.1) is 6.10 Å². The smallest absolute Gasteiger partial charge is 0.225 e. The summed E-state index contributed by atoms with van der Waals surface area (Å²) in [6, 6.07) is 95.5. The molecule has 8 heteroatoms. The van der Waals surface area contributed by atoms with Crippen LogP contribution in [0.15, 0.2) is 272 Å². The molecule has 0 bridgehead atoms. The molecule has 422 valence electrons. The lowest BCUT2D eigenvalue weighted by Gasteiger charge is -2.61. The zero-order valence-corrected chi connectivity index (χ0v) is 49.6. The summed E-state index contributed by atoms with van der Waals surface area (Å²) in [4.78, 5) is 11.4. The van der Waals surface area contributed by atoms with Gasteiger partial charge in [-0.2, -0.15) is 11.8 Å². The van der Waals surface area contributed by atoms with Gasteiger partial charge in [-0.05, 0) is 127 Å². The fourth-order valence-electron chi connectivity index (χ4n) is 18.2. The van der Waals surface area contributed by atoms with Gasteiger partial charge in [0.1, 0.15) is 5.75 Å². The number of benzene rings is 9. The van der Waals surface area contributed by atoms with Gasteiger partial charge in [0, 0.05) is 104 Å². The molecule has 0 amide bonds. The Hall–Kier alpha value is -8.06. The average Bonchev–Trinajstić information content (AvgIpc) is 0.802. The zero-order valence-electron chi connectivity index (χ0n) is 48.8. The molecule has 8 aliphatic rings. The first-order valence-corrected chi connectivity index (χ1v) is 33.2. The lowest BCUT2D eigenvalue weighted by molar-refractivity contribution is 0.120. The van der Waals surface area contributed by atoms with Gasteiger partial charge in [0.2, 0.25) is 6.71 Å². The predicted octanol–water partition coefficient (Wildman–Crippen LogP) is 17.3. The molecule has 4 aliphatic carbocycles. The molecule has 4 heterocycles. The minimum Gasteiger partial charge on any atom is -0.491 e. The number of ether oxygens (including phenoxy) is 1. The average molecular weight is 1140 g/mol. The fourth-order valence-corrected chi connectivity index (χ4v) is 20.1. The van der Waals surface area contributed by atoms with Crippen molar-refractivity contribution in [3.8, 4) is 28.0 Å². The maximum Gasteiger partial charge on any atom is 0.225 e. The van der Waals surface area contributed by atoms with Crippen LogP contribution in [0.4, 0.5) is 34.1 Å². The largest absolute Gasteiger partial charge is 0.491 e. The summed E-state index contributed by atoms with van der Waals surface area (Å²) in [6.07, 6.45) is 16.2. The number of hydrogen-bond donors (Lipinski definition) is 0. The van der Waals surface area contributed by atoms with Gasteiger partial charge in [0.15, 0.2) is 6.71 Å². The van der Waals surface area contributed by atoms with Crippen molar-refractivity contribution < 1.29 is 4.74 Å². The zero-order chi connectivity index (χ0) is 56.7. The maximum atomic E-state index is 7.69. The van der Waals surface area contributed by atoms with Crippen molar-refractivity contribution >= 4 is 70.2 Å². The molecular formula is C78H72B2N4OS. The van der Waals surface area contributed by atoms with Crippen LogP contribution in [0.3, 0.4) is 0 Å². The van der Waals surface area contributed by atoms with Crippen LogP contribution in [0.5, 0.6) is 5.75 Å². The molecule has 10 unspecified atom stereocenters. The molecule has 0 radical (unpaired) electrons. The van der Waals surface area contributed by atoms with Gasteiger partial charge in [-0.15, -0.1) is 0 Å². The van der Waals surface area contributed by atoms with Crippen LogP contribution in [0, 0.1) is 0 Å². The topological polar surface area (TPSA) is 22.2 Å². The minimum atomic E-state index is 0.0111. The Balaban J connectivity index is 0.861. The molecule has 0 N–H and O–H groups in total. The monoisotopic (exact) mass is 1130 g/mol. The summed E-state index contributed by atoms with van der Waals surface area (Å²) < 4.78 is 7.69. The Morgan fingerprint density at radius 3 is 1.74 bits per heavy atom. The number of anilines is 6. The van der Waals surface area contributed by atoms with Crippen LogP contribution in [0.25, 0.3) is 22.3 Å². The van der Waals surface area contributed by atoms with Crippen molar-refractivity contribution in [2.45, 2.75) is 122 Å². The molecule has 2 saturated heterocycles.